The van der Waals surface area contributed by atoms with E-state index in [0.29, 0.717) is 12.1 Å². The van der Waals surface area contributed by atoms with Crippen LogP contribution in [0, 0.1) is 6.92 Å². The van der Waals surface area contributed by atoms with Crippen LogP contribution in [0.2, 0.25) is 0 Å². The fraction of sp³-hybridized carbons (Fsp3) is 0.318. The quantitative estimate of drug-likeness (QED) is 0.688. The van der Waals surface area contributed by atoms with Gasteiger partial charge in [0.25, 0.3) is 5.91 Å². The molecule has 0 saturated heterocycles. The maximum absolute atomic E-state index is 12.7. The van der Waals surface area contributed by atoms with Crippen molar-refractivity contribution in [1.82, 2.24) is 19.9 Å². The van der Waals surface area contributed by atoms with E-state index in [2.05, 4.69) is 21.4 Å². The predicted octanol–water partition coefficient (Wildman–Crippen LogP) is 4.35. The highest BCUT2D eigenvalue weighted by atomic mass is 16.1. The first-order valence-corrected chi connectivity index (χ1v) is 9.58. The Labute approximate surface area is 159 Å². The number of hydrogen-bond acceptors (Lipinski definition) is 3. The third kappa shape index (κ3) is 3.63. The molecule has 0 aliphatic heterocycles. The van der Waals surface area contributed by atoms with E-state index in [-0.39, 0.29) is 5.91 Å². The third-order valence-electron chi connectivity index (χ3n) is 5.23. The first-order chi connectivity index (χ1) is 13.2. The van der Waals surface area contributed by atoms with Gasteiger partial charge in [-0.1, -0.05) is 17.7 Å². The molecule has 1 aliphatic rings. The Kier molecular flexibility index (Phi) is 5.01. The van der Waals surface area contributed by atoms with Crippen molar-refractivity contribution in [2.75, 3.05) is 6.54 Å². The molecule has 0 atom stereocenters. The number of carbonyl (C=O) groups excluding carboxylic acids is 1. The van der Waals surface area contributed by atoms with Gasteiger partial charge in [-0.2, -0.15) is 0 Å². The van der Waals surface area contributed by atoms with Crippen molar-refractivity contribution in [3.63, 3.8) is 0 Å². The lowest BCUT2D eigenvalue weighted by atomic mass is 9.97. The Balaban J connectivity index is 1.53. The van der Waals surface area contributed by atoms with Gasteiger partial charge in [0.1, 0.15) is 11.8 Å². The first-order valence-electron chi connectivity index (χ1n) is 9.58. The Morgan fingerprint density at radius 3 is 2.96 bits per heavy atom. The van der Waals surface area contributed by atoms with E-state index in [0.717, 1.165) is 28.8 Å². The molecule has 3 aromatic rings. The van der Waals surface area contributed by atoms with Crippen molar-refractivity contribution >= 4 is 17.1 Å². The second-order valence-electron chi connectivity index (χ2n) is 7.02. The molecule has 0 saturated carbocycles. The second kappa shape index (κ2) is 7.74. The summed E-state index contributed by atoms with van der Waals surface area (Å²) >= 11 is 0. The highest BCUT2D eigenvalue weighted by Crippen LogP contribution is 2.22. The number of carbonyl (C=O) groups is 1. The molecular formula is C22H24N4O. The maximum atomic E-state index is 12.7. The lowest BCUT2D eigenvalue weighted by Gasteiger charge is -2.15. The molecule has 138 valence electrons. The van der Waals surface area contributed by atoms with Gasteiger partial charge in [-0.05, 0) is 68.9 Å². The smallest absolute Gasteiger partial charge is 0.251 e. The Bertz CT molecular complexity index is 1000. The molecule has 2 aromatic heterocycles. The summed E-state index contributed by atoms with van der Waals surface area (Å²) < 4.78 is 1.94. The topological polar surface area (TPSA) is 59.8 Å². The van der Waals surface area contributed by atoms with E-state index in [1.54, 1.807) is 12.5 Å². The summed E-state index contributed by atoms with van der Waals surface area (Å²) in [4.78, 5) is 21.6. The van der Waals surface area contributed by atoms with Gasteiger partial charge < -0.3 is 5.32 Å². The second-order valence-corrected chi connectivity index (χ2v) is 7.02. The van der Waals surface area contributed by atoms with Gasteiger partial charge in [0.15, 0.2) is 5.65 Å². The minimum Gasteiger partial charge on any atom is -0.352 e. The number of amides is 1. The molecule has 1 amide bonds. The van der Waals surface area contributed by atoms with Crippen LogP contribution in [0.25, 0.3) is 16.9 Å². The number of pyridine rings is 1. The maximum Gasteiger partial charge on any atom is 0.251 e. The molecule has 27 heavy (non-hydrogen) atoms. The van der Waals surface area contributed by atoms with E-state index in [1.165, 1.54) is 31.3 Å². The SMILES string of the molecule is Cc1c(C(=O)NCCC2=CCCCC2)cccc1-n1cnc2cccnc21. The standard InChI is InChI=1S/C22H24N4O/c1-16-18(22(27)24-14-12-17-7-3-2-4-8-17)9-5-11-20(16)26-15-25-19-10-6-13-23-21(19)26/h5-7,9-11,13,15H,2-4,8,12,14H2,1H3,(H,24,27). The molecule has 1 N–H and O–H groups in total. The fourth-order valence-corrected chi connectivity index (χ4v) is 3.72. The van der Waals surface area contributed by atoms with Crippen LogP contribution in [0.3, 0.4) is 0 Å². The van der Waals surface area contributed by atoms with E-state index < -0.39 is 0 Å². The summed E-state index contributed by atoms with van der Waals surface area (Å²) in [6.07, 6.45) is 11.7. The molecule has 0 radical (unpaired) electrons. The highest BCUT2D eigenvalue weighted by Gasteiger charge is 2.14. The number of fused-ring (bicyclic) bond motifs is 1. The Hall–Kier alpha value is -2.95. The fourth-order valence-electron chi connectivity index (χ4n) is 3.72. The van der Waals surface area contributed by atoms with Gasteiger partial charge >= 0.3 is 0 Å². The van der Waals surface area contributed by atoms with Crippen LogP contribution in [-0.4, -0.2) is 27.0 Å². The normalized spacial score (nSPS) is 14.2. The molecule has 4 rings (SSSR count). The van der Waals surface area contributed by atoms with Crippen molar-refractivity contribution in [3.8, 4) is 5.69 Å². The number of nitrogens with zero attached hydrogens (tertiary/aromatic N) is 3. The molecule has 2 heterocycles. The lowest BCUT2D eigenvalue weighted by molar-refractivity contribution is 0.0953. The largest absolute Gasteiger partial charge is 0.352 e. The van der Waals surface area contributed by atoms with Gasteiger partial charge in [-0.3, -0.25) is 9.36 Å². The molecule has 0 fully saturated rings. The van der Waals surface area contributed by atoms with Gasteiger partial charge in [-0.15, -0.1) is 0 Å². The zero-order valence-electron chi connectivity index (χ0n) is 15.6. The van der Waals surface area contributed by atoms with Crippen molar-refractivity contribution in [1.29, 1.82) is 0 Å². The molecular weight excluding hydrogens is 336 g/mol. The Morgan fingerprint density at radius 1 is 1.19 bits per heavy atom. The van der Waals surface area contributed by atoms with Crippen LogP contribution in [0.15, 0.2) is 54.5 Å². The number of benzene rings is 1. The van der Waals surface area contributed by atoms with Crippen LogP contribution in [0.4, 0.5) is 0 Å². The monoisotopic (exact) mass is 360 g/mol. The van der Waals surface area contributed by atoms with Crippen molar-refractivity contribution in [2.45, 2.75) is 39.0 Å². The number of rotatable bonds is 5. The van der Waals surface area contributed by atoms with Gasteiger partial charge in [0, 0.05) is 18.3 Å². The summed E-state index contributed by atoms with van der Waals surface area (Å²) in [6.45, 7) is 2.66. The van der Waals surface area contributed by atoms with Gasteiger partial charge in [0.2, 0.25) is 0 Å². The zero-order valence-corrected chi connectivity index (χ0v) is 15.6. The van der Waals surface area contributed by atoms with Crippen LogP contribution in [0.5, 0.6) is 0 Å². The molecule has 5 nitrogen and oxygen atoms in total. The predicted molar refractivity (Wildman–Crippen MR) is 107 cm³/mol. The van der Waals surface area contributed by atoms with Crippen LogP contribution in [-0.2, 0) is 0 Å². The molecule has 1 aliphatic carbocycles. The minimum atomic E-state index is -0.0249. The van der Waals surface area contributed by atoms with Crippen LogP contribution >= 0.6 is 0 Å². The average molecular weight is 360 g/mol. The van der Waals surface area contributed by atoms with Crippen molar-refractivity contribution in [2.24, 2.45) is 0 Å². The van der Waals surface area contributed by atoms with Crippen molar-refractivity contribution in [3.05, 3.63) is 65.6 Å². The molecule has 0 unspecified atom stereocenters. The number of aromatic nitrogens is 3. The average Bonchev–Trinajstić information content (AvgIpc) is 3.13. The Morgan fingerprint density at radius 2 is 2.11 bits per heavy atom. The lowest BCUT2D eigenvalue weighted by Crippen LogP contribution is -2.26. The van der Waals surface area contributed by atoms with E-state index in [4.69, 9.17) is 0 Å². The van der Waals surface area contributed by atoms with Crippen LogP contribution < -0.4 is 5.32 Å². The molecule has 0 spiro atoms. The molecule has 0 bridgehead atoms. The summed E-state index contributed by atoms with van der Waals surface area (Å²) in [7, 11) is 0. The third-order valence-corrected chi connectivity index (χ3v) is 5.23. The van der Waals surface area contributed by atoms with Gasteiger partial charge in [0.05, 0.1) is 5.69 Å². The van der Waals surface area contributed by atoms with E-state index in [9.17, 15) is 4.79 Å². The number of allylic oxidation sites excluding steroid dienone is 1. The summed E-state index contributed by atoms with van der Waals surface area (Å²) in [5, 5.41) is 3.08. The minimum absolute atomic E-state index is 0.0249. The number of nitrogens with one attached hydrogen (secondary N) is 1. The highest BCUT2D eigenvalue weighted by molar-refractivity contribution is 5.96. The number of imidazole rings is 1. The van der Waals surface area contributed by atoms with E-state index >= 15 is 0 Å². The van der Waals surface area contributed by atoms with Crippen molar-refractivity contribution < 1.29 is 4.79 Å². The van der Waals surface area contributed by atoms with Gasteiger partial charge in [-0.25, -0.2) is 9.97 Å². The van der Waals surface area contributed by atoms with E-state index in [1.807, 2.05) is 41.8 Å². The zero-order chi connectivity index (χ0) is 18.6. The number of hydrogen-bond donors (Lipinski definition) is 1. The molecule has 5 heteroatoms. The molecule has 1 aromatic carbocycles. The summed E-state index contributed by atoms with van der Waals surface area (Å²) in [6, 6.07) is 9.59. The first kappa shape index (κ1) is 17.5. The van der Waals surface area contributed by atoms with Crippen LogP contribution in [0.1, 0.15) is 48.0 Å². The summed E-state index contributed by atoms with van der Waals surface area (Å²) in [5.41, 5.74) is 5.66. The summed E-state index contributed by atoms with van der Waals surface area (Å²) in [5.74, 6) is -0.0249.